The van der Waals surface area contributed by atoms with Crippen LogP contribution in [0.3, 0.4) is 0 Å². The van der Waals surface area contributed by atoms with Crippen molar-refractivity contribution >= 4 is 21.9 Å². The van der Waals surface area contributed by atoms with Gasteiger partial charge in [-0.25, -0.2) is 4.39 Å². The van der Waals surface area contributed by atoms with E-state index in [4.69, 9.17) is 10.00 Å². The summed E-state index contributed by atoms with van der Waals surface area (Å²) in [5.74, 6) is 5.81. The third-order valence-electron chi connectivity index (χ3n) is 5.21. The standard InChI is InChI=1S/C26H16FN5O/c1-33-26-31-24-16-30-23-9-6-17(4-5-18-3-2-12-29-15-18)13-21(23)25(24)32(26)20-8-7-19(10-11-28)22(27)14-20/h2-3,6-9,12-16H,10H2,1H3. The van der Waals surface area contributed by atoms with E-state index in [0.29, 0.717) is 22.8 Å². The van der Waals surface area contributed by atoms with Crippen molar-refractivity contribution in [2.75, 3.05) is 7.11 Å². The topological polar surface area (TPSA) is 76.6 Å². The Kier molecular flexibility index (Phi) is 5.14. The molecule has 0 amide bonds. The monoisotopic (exact) mass is 433 g/mol. The Bertz CT molecular complexity index is 1610. The Morgan fingerprint density at radius 1 is 1.03 bits per heavy atom. The zero-order valence-electron chi connectivity index (χ0n) is 17.6. The Labute approximate surface area is 188 Å². The fourth-order valence-corrected chi connectivity index (χ4v) is 3.67. The highest BCUT2D eigenvalue weighted by atomic mass is 19.1. The van der Waals surface area contributed by atoms with E-state index >= 15 is 0 Å². The average molecular weight is 433 g/mol. The number of nitriles is 1. The first-order valence-electron chi connectivity index (χ1n) is 10.1. The van der Waals surface area contributed by atoms with Gasteiger partial charge in [0.25, 0.3) is 0 Å². The van der Waals surface area contributed by atoms with Crippen LogP contribution in [-0.2, 0) is 6.42 Å². The fourth-order valence-electron chi connectivity index (χ4n) is 3.67. The number of methoxy groups -OCH3 is 1. The normalized spacial score (nSPS) is 10.6. The van der Waals surface area contributed by atoms with Crippen LogP contribution in [0.15, 0.2) is 67.1 Å². The van der Waals surface area contributed by atoms with Crippen LogP contribution in [0, 0.1) is 29.0 Å². The molecule has 6 nitrogen and oxygen atoms in total. The first kappa shape index (κ1) is 20.2. The van der Waals surface area contributed by atoms with Crippen molar-refractivity contribution in [2.24, 2.45) is 0 Å². The molecule has 158 valence electrons. The van der Waals surface area contributed by atoms with Gasteiger partial charge in [-0.2, -0.15) is 10.2 Å². The van der Waals surface area contributed by atoms with E-state index in [-0.39, 0.29) is 6.42 Å². The number of nitrogens with zero attached hydrogens (tertiary/aromatic N) is 5. The molecule has 2 aromatic carbocycles. The smallest absolute Gasteiger partial charge is 0.301 e. The second kappa shape index (κ2) is 8.41. The molecule has 0 spiro atoms. The number of aromatic nitrogens is 4. The Hall–Kier alpha value is -4.75. The van der Waals surface area contributed by atoms with Crippen LogP contribution in [0.1, 0.15) is 16.7 Å². The van der Waals surface area contributed by atoms with Crippen molar-refractivity contribution in [3.8, 4) is 29.6 Å². The van der Waals surface area contributed by atoms with Gasteiger partial charge in [-0.05, 0) is 42.5 Å². The molecule has 0 fully saturated rings. The molecule has 0 saturated carbocycles. The van der Waals surface area contributed by atoms with Crippen molar-refractivity contribution in [1.82, 2.24) is 19.5 Å². The Balaban J connectivity index is 1.72. The van der Waals surface area contributed by atoms with Gasteiger partial charge in [-0.15, -0.1) is 0 Å². The van der Waals surface area contributed by atoms with Gasteiger partial charge in [0.05, 0.1) is 42.5 Å². The summed E-state index contributed by atoms with van der Waals surface area (Å²) in [7, 11) is 1.51. The second-order valence-corrected chi connectivity index (χ2v) is 7.26. The number of ether oxygens (including phenoxy) is 1. The van der Waals surface area contributed by atoms with Gasteiger partial charge in [0.1, 0.15) is 11.3 Å². The summed E-state index contributed by atoms with van der Waals surface area (Å²) in [6, 6.07) is 16.5. The van der Waals surface area contributed by atoms with E-state index in [1.54, 1.807) is 35.3 Å². The fraction of sp³-hybridized carbons (Fsp3) is 0.0769. The van der Waals surface area contributed by atoms with E-state index in [9.17, 15) is 4.39 Å². The summed E-state index contributed by atoms with van der Waals surface area (Å²) in [6.45, 7) is 0. The number of hydrogen-bond acceptors (Lipinski definition) is 5. The summed E-state index contributed by atoms with van der Waals surface area (Å²) < 4.78 is 21.9. The van der Waals surface area contributed by atoms with E-state index in [1.807, 2.05) is 36.4 Å². The highest BCUT2D eigenvalue weighted by Crippen LogP contribution is 2.32. The molecule has 0 saturated heterocycles. The third-order valence-corrected chi connectivity index (χ3v) is 5.21. The second-order valence-electron chi connectivity index (χ2n) is 7.26. The van der Waals surface area contributed by atoms with Gasteiger partial charge < -0.3 is 4.74 Å². The number of halogens is 1. The van der Waals surface area contributed by atoms with Gasteiger partial charge in [0.15, 0.2) is 0 Å². The van der Waals surface area contributed by atoms with Crippen LogP contribution in [0.5, 0.6) is 6.01 Å². The molecular weight excluding hydrogens is 417 g/mol. The van der Waals surface area contributed by atoms with E-state index in [2.05, 4.69) is 26.8 Å². The summed E-state index contributed by atoms with van der Waals surface area (Å²) in [5, 5.41) is 9.72. The summed E-state index contributed by atoms with van der Waals surface area (Å²) in [5.41, 5.74) is 4.57. The van der Waals surface area contributed by atoms with E-state index in [0.717, 1.165) is 27.5 Å². The summed E-state index contributed by atoms with van der Waals surface area (Å²) >= 11 is 0. The molecule has 0 atom stereocenters. The Morgan fingerprint density at radius 3 is 2.67 bits per heavy atom. The maximum atomic E-state index is 14.6. The highest BCUT2D eigenvalue weighted by molar-refractivity contribution is 6.04. The van der Waals surface area contributed by atoms with Crippen molar-refractivity contribution in [3.05, 3.63) is 89.6 Å². The van der Waals surface area contributed by atoms with Crippen molar-refractivity contribution in [2.45, 2.75) is 6.42 Å². The van der Waals surface area contributed by atoms with Crippen LogP contribution in [-0.4, -0.2) is 26.6 Å². The minimum absolute atomic E-state index is 0.000259. The van der Waals surface area contributed by atoms with Crippen molar-refractivity contribution in [1.29, 1.82) is 5.26 Å². The predicted octanol–water partition coefficient (Wildman–Crippen LogP) is 4.58. The molecule has 0 aliphatic heterocycles. The molecule has 0 N–H and O–H groups in total. The lowest BCUT2D eigenvalue weighted by molar-refractivity contribution is 0.375. The maximum absolute atomic E-state index is 14.6. The third kappa shape index (κ3) is 3.73. The molecule has 0 unspecified atom stereocenters. The van der Waals surface area contributed by atoms with E-state index in [1.165, 1.54) is 13.2 Å². The first-order valence-corrected chi connectivity index (χ1v) is 10.1. The SMILES string of the molecule is COc1nc2cnc3ccc(C#Cc4cccnc4)cc3c2n1-c1ccc(CC#N)c(F)c1. The maximum Gasteiger partial charge on any atom is 0.301 e. The average Bonchev–Trinajstić information content (AvgIpc) is 3.24. The first-order chi connectivity index (χ1) is 16.2. The summed E-state index contributed by atoms with van der Waals surface area (Å²) in [4.78, 5) is 13.1. The van der Waals surface area contributed by atoms with Crippen molar-refractivity contribution < 1.29 is 9.13 Å². The molecule has 0 bridgehead atoms. The lowest BCUT2D eigenvalue weighted by Crippen LogP contribution is -2.01. The molecule has 3 heterocycles. The van der Waals surface area contributed by atoms with Gasteiger partial charge in [-0.1, -0.05) is 17.9 Å². The van der Waals surface area contributed by atoms with Crippen LogP contribution < -0.4 is 4.74 Å². The number of rotatable bonds is 3. The molecule has 0 radical (unpaired) electrons. The molecule has 7 heteroatoms. The zero-order chi connectivity index (χ0) is 22.8. The number of fused-ring (bicyclic) bond motifs is 3. The molecule has 5 rings (SSSR count). The van der Waals surface area contributed by atoms with Gasteiger partial charge in [0, 0.05) is 34.5 Å². The number of hydrogen-bond donors (Lipinski definition) is 0. The summed E-state index contributed by atoms with van der Waals surface area (Å²) in [6.07, 6.45) is 5.07. The lowest BCUT2D eigenvalue weighted by Gasteiger charge is -2.11. The lowest BCUT2D eigenvalue weighted by atomic mass is 10.1. The molecule has 33 heavy (non-hydrogen) atoms. The van der Waals surface area contributed by atoms with E-state index < -0.39 is 5.82 Å². The van der Waals surface area contributed by atoms with Crippen LogP contribution in [0.25, 0.3) is 27.6 Å². The molecule has 5 aromatic rings. The largest absolute Gasteiger partial charge is 0.468 e. The van der Waals surface area contributed by atoms with Crippen LogP contribution in [0.2, 0.25) is 0 Å². The number of benzene rings is 2. The Morgan fingerprint density at radius 2 is 1.91 bits per heavy atom. The van der Waals surface area contributed by atoms with Gasteiger partial charge in [0.2, 0.25) is 0 Å². The predicted molar refractivity (Wildman–Crippen MR) is 122 cm³/mol. The van der Waals surface area contributed by atoms with Crippen molar-refractivity contribution in [3.63, 3.8) is 0 Å². The highest BCUT2D eigenvalue weighted by Gasteiger charge is 2.18. The number of imidazole rings is 1. The van der Waals surface area contributed by atoms with Crippen LogP contribution in [0.4, 0.5) is 4.39 Å². The molecular formula is C26H16FN5O. The van der Waals surface area contributed by atoms with Gasteiger partial charge in [-0.3, -0.25) is 14.5 Å². The zero-order valence-corrected chi connectivity index (χ0v) is 17.6. The minimum atomic E-state index is -0.459. The quantitative estimate of drug-likeness (QED) is 0.389. The van der Waals surface area contributed by atoms with Crippen LogP contribution >= 0.6 is 0 Å². The molecule has 0 aliphatic carbocycles. The minimum Gasteiger partial charge on any atom is -0.468 e. The number of pyridine rings is 2. The molecule has 0 aliphatic rings. The van der Waals surface area contributed by atoms with Gasteiger partial charge >= 0.3 is 6.01 Å². The molecule has 3 aromatic heterocycles.